The number of pyridine rings is 2. The molecule has 4 aromatic heterocycles. The fraction of sp³-hybridized carbons (Fsp3) is 0.360. The van der Waals surface area contributed by atoms with Gasteiger partial charge in [-0.2, -0.15) is 8.78 Å². The fourth-order valence-corrected chi connectivity index (χ4v) is 4.25. The number of alkyl halides is 2. The minimum absolute atomic E-state index is 0.364. The molecule has 8 bridgehead atoms. The smallest absolute Gasteiger partial charge is 0.288 e. The highest BCUT2D eigenvalue weighted by Crippen LogP contribution is 2.43. The Kier molecular flexibility index (Phi) is 4.41. The number of hydrogen-bond donors (Lipinski definition) is 0. The molecule has 0 N–H and O–H groups in total. The predicted molar refractivity (Wildman–Crippen MR) is 121 cm³/mol. The molecule has 0 aromatic carbocycles. The van der Waals surface area contributed by atoms with Crippen LogP contribution in [0, 0.1) is 13.8 Å². The molecule has 0 radical (unpaired) electrons. The SMILES string of the molecule is Cc1nc2cn1-c1cccc(n1)C(F)(F)c1cccc(n1)-n1cc(nc1C)C(C)(C)C2(C)C. The Morgan fingerprint density at radius 2 is 1.00 bits per heavy atom. The summed E-state index contributed by atoms with van der Waals surface area (Å²) in [5.41, 5.74) is 0.0974. The molecule has 4 aromatic rings. The van der Waals surface area contributed by atoms with Gasteiger partial charge in [-0.05, 0) is 38.1 Å². The topological polar surface area (TPSA) is 61.4 Å². The fourth-order valence-electron chi connectivity index (χ4n) is 4.25. The Hall–Kier alpha value is -3.42. The minimum atomic E-state index is -3.38. The molecule has 170 valence electrons. The summed E-state index contributed by atoms with van der Waals surface area (Å²) >= 11 is 0. The van der Waals surface area contributed by atoms with Gasteiger partial charge in [-0.3, -0.25) is 9.13 Å². The van der Waals surface area contributed by atoms with E-state index in [9.17, 15) is 0 Å². The zero-order chi connectivity index (χ0) is 23.8. The van der Waals surface area contributed by atoms with Crippen LogP contribution in [-0.2, 0) is 16.8 Å². The summed E-state index contributed by atoms with van der Waals surface area (Å²) in [5, 5.41) is 0. The second kappa shape index (κ2) is 6.79. The number of aromatic nitrogens is 6. The summed E-state index contributed by atoms with van der Waals surface area (Å²) < 4.78 is 34.7. The number of nitrogens with zero attached hydrogens (tertiary/aromatic N) is 6. The third-order valence-electron chi connectivity index (χ3n) is 7.21. The molecular weight excluding hydrogens is 422 g/mol. The number of rotatable bonds is 0. The highest BCUT2D eigenvalue weighted by molar-refractivity contribution is 5.38. The van der Waals surface area contributed by atoms with Gasteiger partial charge in [0.2, 0.25) is 0 Å². The van der Waals surface area contributed by atoms with Crippen LogP contribution in [0.1, 0.15) is 62.1 Å². The van der Waals surface area contributed by atoms with Crippen LogP contribution in [0.4, 0.5) is 8.78 Å². The van der Waals surface area contributed by atoms with Crippen molar-refractivity contribution in [1.82, 2.24) is 29.1 Å². The van der Waals surface area contributed by atoms with Crippen molar-refractivity contribution in [3.05, 3.63) is 83.2 Å². The molecule has 0 unspecified atom stereocenters. The molecule has 0 atom stereocenters. The number of imidazole rings is 2. The number of hydrogen-bond acceptors (Lipinski definition) is 4. The lowest BCUT2D eigenvalue weighted by molar-refractivity contribution is 0.0332. The minimum Gasteiger partial charge on any atom is -0.288 e. The third-order valence-corrected chi connectivity index (χ3v) is 7.21. The Bertz CT molecular complexity index is 1280. The molecule has 0 aliphatic carbocycles. The van der Waals surface area contributed by atoms with Crippen molar-refractivity contribution in [2.24, 2.45) is 0 Å². The first-order valence-corrected chi connectivity index (χ1v) is 10.9. The predicted octanol–water partition coefficient (Wildman–Crippen LogP) is 5.17. The lowest BCUT2D eigenvalue weighted by Crippen LogP contribution is -2.41. The third kappa shape index (κ3) is 3.03. The largest absolute Gasteiger partial charge is 0.331 e. The van der Waals surface area contributed by atoms with Crippen LogP contribution in [0.5, 0.6) is 0 Å². The number of aryl methyl sites for hydroxylation is 2. The molecular formula is C25H26F2N6. The molecule has 0 saturated carbocycles. The highest BCUT2D eigenvalue weighted by atomic mass is 19.3. The van der Waals surface area contributed by atoms with Crippen LogP contribution >= 0.6 is 0 Å². The van der Waals surface area contributed by atoms with Crippen molar-refractivity contribution < 1.29 is 8.78 Å². The van der Waals surface area contributed by atoms with E-state index in [4.69, 9.17) is 9.97 Å². The first-order chi connectivity index (χ1) is 15.4. The van der Waals surface area contributed by atoms with Crippen molar-refractivity contribution in [3.8, 4) is 11.6 Å². The summed E-state index contributed by atoms with van der Waals surface area (Å²) in [6.07, 6.45) is 3.78. The number of fused-ring (bicyclic) bond motifs is 10. The van der Waals surface area contributed by atoms with Gasteiger partial charge in [0.15, 0.2) is 0 Å². The maximum Gasteiger partial charge on any atom is 0.331 e. The maximum absolute atomic E-state index is 15.6. The molecule has 8 heteroatoms. The molecule has 1 aliphatic rings. The maximum atomic E-state index is 15.6. The van der Waals surface area contributed by atoms with Crippen LogP contribution in [0.15, 0.2) is 48.8 Å². The first-order valence-electron chi connectivity index (χ1n) is 10.9. The molecule has 0 spiro atoms. The standard InChI is InChI=1S/C25H26F2N6/c1-15-28-19-13-32(15)21-11-7-9-17(30-21)25(26,27)18-10-8-12-22(31-18)33-14-20(29-16(33)2)24(5,6)23(19,3)4/h7-14H,1-6H3. The van der Waals surface area contributed by atoms with Crippen molar-refractivity contribution in [2.75, 3.05) is 0 Å². The molecule has 33 heavy (non-hydrogen) atoms. The van der Waals surface area contributed by atoms with E-state index in [2.05, 4.69) is 37.7 Å². The molecule has 0 saturated heterocycles. The van der Waals surface area contributed by atoms with Gasteiger partial charge in [-0.1, -0.05) is 39.8 Å². The second-order valence-corrected chi connectivity index (χ2v) is 9.67. The average Bonchev–Trinajstić information content (AvgIpc) is 3.37. The monoisotopic (exact) mass is 448 g/mol. The number of halogens is 2. The summed E-state index contributed by atoms with van der Waals surface area (Å²) in [6, 6.07) is 9.26. The summed E-state index contributed by atoms with van der Waals surface area (Å²) in [5.74, 6) is -1.24. The molecule has 5 rings (SSSR count). The van der Waals surface area contributed by atoms with E-state index in [-0.39, 0.29) is 11.4 Å². The van der Waals surface area contributed by atoms with Crippen LogP contribution in [0.25, 0.3) is 11.6 Å². The quantitative estimate of drug-likeness (QED) is 0.372. The summed E-state index contributed by atoms with van der Waals surface area (Å²) in [4.78, 5) is 18.3. The van der Waals surface area contributed by atoms with Gasteiger partial charge in [0, 0.05) is 23.2 Å². The normalized spacial score (nSPS) is 17.8. The first kappa shape index (κ1) is 21.4. The lowest BCUT2D eigenvalue weighted by Gasteiger charge is -2.39. The Morgan fingerprint density at radius 1 is 0.606 bits per heavy atom. The summed E-state index contributed by atoms with van der Waals surface area (Å²) in [6.45, 7) is 12.2. The Labute approximate surface area is 191 Å². The molecule has 0 amide bonds. The highest BCUT2D eigenvalue weighted by Gasteiger charge is 2.44. The Morgan fingerprint density at radius 3 is 1.39 bits per heavy atom. The van der Waals surface area contributed by atoms with E-state index in [1.165, 1.54) is 12.1 Å². The van der Waals surface area contributed by atoms with Gasteiger partial charge in [0.05, 0.1) is 11.4 Å². The van der Waals surface area contributed by atoms with Crippen molar-refractivity contribution in [1.29, 1.82) is 0 Å². The lowest BCUT2D eigenvalue weighted by atomic mass is 9.64. The van der Waals surface area contributed by atoms with Gasteiger partial charge in [0.25, 0.3) is 0 Å². The van der Waals surface area contributed by atoms with Gasteiger partial charge < -0.3 is 0 Å². The van der Waals surface area contributed by atoms with Gasteiger partial charge in [0.1, 0.15) is 34.7 Å². The molecule has 1 aliphatic heterocycles. The van der Waals surface area contributed by atoms with E-state index in [1.807, 2.05) is 26.2 Å². The van der Waals surface area contributed by atoms with E-state index >= 15 is 8.78 Å². The van der Waals surface area contributed by atoms with E-state index in [0.29, 0.717) is 23.3 Å². The van der Waals surface area contributed by atoms with Gasteiger partial charge in [-0.25, -0.2) is 19.9 Å². The zero-order valence-corrected chi connectivity index (χ0v) is 19.6. The second-order valence-electron chi connectivity index (χ2n) is 9.67. The average molecular weight is 449 g/mol. The van der Waals surface area contributed by atoms with Crippen LogP contribution < -0.4 is 0 Å². The van der Waals surface area contributed by atoms with Crippen LogP contribution in [-0.4, -0.2) is 29.1 Å². The van der Waals surface area contributed by atoms with Crippen LogP contribution in [0.3, 0.4) is 0 Å². The van der Waals surface area contributed by atoms with Crippen molar-refractivity contribution in [2.45, 2.75) is 58.3 Å². The van der Waals surface area contributed by atoms with E-state index in [0.717, 1.165) is 11.4 Å². The van der Waals surface area contributed by atoms with Crippen molar-refractivity contribution >= 4 is 0 Å². The summed E-state index contributed by atoms with van der Waals surface area (Å²) in [7, 11) is 0. The van der Waals surface area contributed by atoms with E-state index in [1.54, 1.807) is 33.4 Å². The molecule has 0 fully saturated rings. The van der Waals surface area contributed by atoms with Crippen LogP contribution in [0.2, 0.25) is 0 Å². The molecule has 6 nitrogen and oxygen atoms in total. The van der Waals surface area contributed by atoms with Gasteiger partial charge in [-0.15, -0.1) is 0 Å². The Balaban J connectivity index is 1.86. The van der Waals surface area contributed by atoms with Crippen molar-refractivity contribution in [3.63, 3.8) is 0 Å². The van der Waals surface area contributed by atoms with Gasteiger partial charge >= 0.3 is 5.92 Å². The molecule has 5 heterocycles. The van der Waals surface area contributed by atoms with E-state index < -0.39 is 16.8 Å². The zero-order valence-electron chi connectivity index (χ0n) is 19.6.